The Hall–Kier alpha value is -3.51. The Labute approximate surface area is 188 Å². The summed E-state index contributed by atoms with van der Waals surface area (Å²) in [5.41, 5.74) is 2.53. The minimum absolute atomic E-state index is 0.0370. The van der Waals surface area contributed by atoms with Gasteiger partial charge in [0.05, 0.1) is 23.0 Å². The van der Waals surface area contributed by atoms with E-state index in [0.717, 1.165) is 17.4 Å². The number of ether oxygens (including phenoxy) is 1. The van der Waals surface area contributed by atoms with Gasteiger partial charge >= 0.3 is 0 Å². The molecule has 4 rings (SSSR count). The Balaban J connectivity index is 1.46. The molecule has 1 aliphatic rings. The van der Waals surface area contributed by atoms with Crippen molar-refractivity contribution in [2.24, 2.45) is 0 Å². The number of rotatable bonds is 5. The zero-order chi connectivity index (χ0) is 22.7. The fourth-order valence-electron chi connectivity index (χ4n) is 3.58. The van der Waals surface area contributed by atoms with Crippen LogP contribution < -0.4 is 15.0 Å². The van der Waals surface area contributed by atoms with Crippen molar-refractivity contribution in [1.29, 1.82) is 5.26 Å². The summed E-state index contributed by atoms with van der Waals surface area (Å²) in [5.74, 6) is -1.66. The van der Waals surface area contributed by atoms with E-state index in [1.807, 2.05) is 13.0 Å². The van der Waals surface area contributed by atoms with Gasteiger partial charge in [-0.2, -0.15) is 5.26 Å². The van der Waals surface area contributed by atoms with Crippen LogP contribution in [0.25, 0.3) is 0 Å². The number of thiazole rings is 1. The van der Waals surface area contributed by atoms with E-state index in [1.165, 1.54) is 23.5 Å². The molecule has 0 aliphatic carbocycles. The smallest absolute Gasteiger partial charge is 0.284 e. The van der Waals surface area contributed by atoms with E-state index in [4.69, 9.17) is 4.74 Å². The Morgan fingerprint density at radius 2 is 2.03 bits per heavy atom. The first-order chi connectivity index (χ1) is 15.4. The third-order valence-electron chi connectivity index (χ3n) is 5.16. The molecule has 1 amide bonds. The van der Waals surface area contributed by atoms with Gasteiger partial charge in [0, 0.05) is 43.1 Å². The van der Waals surface area contributed by atoms with E-state index in [-0.39, 0.29) is 17.8 Å². The number of halogens is 2. The quantitative estimate of drug-likeness (QED) is 0.593. The molecule has 0 bridgehead atoms. The number of nitriles is 1. The first kappa shape index (κ1) is 21.7. The average Bonchev–Trinajstić information content (AvgIpc) is 3.23. The highest BCUT2D eigenvalue weighted by Crippen LogP contribution is 2.31. The molecule has 9 heteroatoms. The minimum Gasteiger partial charge on any atom is -0.487 e. The van der Waals surface area contributed by atoms with Gasteiger partial charge in [0.1, 0.15) is 11.9 Å². The highest BCUT2D eigenvalue weighted by Gasteiger charge is 2.24. The average molecular weight is 455 g/mol. The molecule has 0 spiro atoms. The van der Waals surface area contributed by atoms with Crippen LogP contribution in [0.3, 0.4) is 0 Å². The Kier molecular flexibility index (Phi) is 6.32. The molecule has 0 saturated carbocycles. The van der Waals surface area contributed by atoms with Crippen LogP contribution in [0.4, 0.5) is 20.2 Å². The number of carbonyl (C=O) groups is 1. The Morgan fingerprint density at radius 3 is 2.69 bits per heavy atom. The molecule has 2 aromatic carbocycles. The Morgan fingerprint density at radius 1 is 1.25 bits per heavy atom. The molecule has 0 unspecified atom stereocenters. The summed E-state index contributed by atoms with van der Waals surface area (Å²) in [5, 5.41) is 14.3. The molecule has 2 heterocycles. The maximum Gasteiger partial charge on any atom is 0.284 e. The van der Waals surface area contributed by atoms with Crippen LogP contribution in [-0.4, -0.2) is 30.1 Å². The van der Waals surface area contributed by atoms with Crippen LogP contribution in [0.1, 0.15) is 33.9 Å². The van der Waals surface area contributed by atoms with E-state index in [2.05, 4.69) is 21.3 Å². The summed E-state index contributed by atoms with van der Waals surface area (Å²) in [6.07, 6.45) is 1.03. The van der Waals surface area contributed by atoms with Gasteiger partial charge in [0.2, 0.25) is 0 Å². The zero-order valence-corrected chi connectivity index (χ0v) is 18.1. The third-order valence-corrected chi connectivity index (χ3v) is 6.12. The number of aromatic nitrogens is 1. The number of hydrogen-bond acceptors (Lipinski definition) is 6. The summed E-state index contributed by atoms with van der Waals surface area (Å²) in [6.45, 7) is 3.04. The largest absolute Gasteiger partial charge is 0.487 e. The highest BCUT2D eigenvalue weighted by molar-refractivity contribution is 7.11. The van der Waals surface area contributed by atoms with Crippen LogP contribution in [0, 0.1) is 29.9 Å². The van der Waals surface area contributed by atoms with Crippen LogP contribution in [-0.2, 0) is 0 Å². The molecule has 1 saturated heterocycles. The number of nitrogens with one attached hydrogen (secondary N) is 1. The molecule has 0 radical (unpaired) electrons. The number of amides is 1. The topological polar surface area (TPSA) is 78.2 Å². The van der Waals surface area contributed by atoms with Crippen molar-refractivity contribution < 1.29 is 18.3 Å². The first-order valence-corrected chi connectivity index (χ1v) is 10.9. The standard InChI is InChI=1S/C23H20F2N4O2S/c1-14-13-32-23(27-14)22(30)28-19-10-15(12-26)2-4-20(19)29-8-6-17(7-9-29)31-21-5-3-16(24)11-18(21)25/h2-5,10-11,13,17H,6-9H2,1H3,(H,28,30). The number of benzene rings is 2. The van der Waals surface area contributed by atoms with Crippen LogP contribution in [0.2, 0.25) is 0 Å². The molecule has 0 atom stereocenters. The minimum atomic E-state index is -0.720. The molecule has 164 valence electrons. The lowest BCUT2D eigenvalue weighted by Gasteiger charge is -2.34. The van der Waals surface area contributed by atoms with Crippen molar-refractivity contribution in [3.05, 3.63) is 69.7 Å². The van der Waals surface area contributed by atoms with E-state index >= 15 is 0 Å². The molecule has 6 nitrogen and oxygen atoms in total. The molecular weight excluding hydrogens is 434 g/mol. The lowest BCUT2D eigenvalue weighted by molar-refractivity contribution is 0.102. The van der Waals surface area contributed by atoms with Crippen molar-refractivity contribution in [2.45, 2.75) is 25.9 Å². The van der Waals surface area contributed by atoms with Crippen molar-refractivity contribution in [3.8, 4) is 11.8 Å². The van der Waals surface area contributed by atoms with Gasteiger partial charge < -0.3 is 15.0 Å². The zero-order valence-electron chi connectivity index (χ0n) is 17.3. The van der Waals surface area contributed by atoms with Gasteiger partial charge in [-0.25, -0.2) is 13.8 Å². The van der Waals surface area contributed by atoms with Crippen LogP contribution in [0.15, 0.2) is 41.8 Å². The molecule has 3 aromatic rings. The number of carbonyl (C=O) groups excluding carboxylic acids is 1. The maximum atomic E-state index is 13.9. The van der Waals surface area contributed by atoms with Crippen molar-refractivity contribution in [3.63, 3.8) is 0 Å². The van der Waals surface area contributed by atoms with Crippen molar-refractivity contribution >= 4 is 28.6 Å². The van der Waals surface area contributed by atoms with E-state index in [0.29, 0.717) is 42.2 Å². The maximum absolute atomic E-state index is 13.9. The number of piperidine rings is 1. The normalized spacial score (nSPS) is 14.1. The summed E-state index contributed by atoms with van der Waals surface area (Å²) in [6, 6.07) is 10.5. The second kappa shape index (κ2) is 9.32. The predicted molar refractivity (Wildman–Crippen MR) is 118 cm³/mol. The highest BCUT2D eigenvalue weighted by atomic mass is 32.1. The molecular formula is C23H20F2N4O2S. The van der Waals surface area contributed by atoms with Crippen molar-refractivity contribution in [1.82, 2.24) is 4.98 Å². The number of nitrogens with zero attached hydrogens (tertiary/aromatic N) is 3. The van der Waals surface area contributed by atoms with Gasteiger partial charge in [-0.15, -0.1) is 11.3 Å². The summed E-state index contributed by atoms with van der Waals surface area (Å²) in [4.78, 5) is 18.9. The SMILES string of the molecule is Cc1csc(C(=O)Nc2cc(C#N)ccc2N2CCC(Oc3ccc(F)cc3F)CC2)n1. The van der Waals surface area contributed by atoms with Gasteiger partial charge in [-0.05, 0) is 37.3 Å². The number of anilines is 2. The summed E-state index contributed by atoms with van der Waals surface area (Å²) in [7, 11) is 0. The van der Waals surface area contributed by atoms with E-state index < -0.39 is 11.6 Å². The monoisotopic (exact) mass is 454 g/mol. The van der Waals surface area contributed by atoms with Gasteiger partial charge in [0.25, 0.3) is 5.91 Å². The van der Waals surface area contributed by atoms with E-state index in [9.17, 15) is 18.8 Å². The molecule has 1 aliphatic heterocycles. The third kappa shape index (κ3) is 4.86. The predicted octanol–water partition coefficient (Wildman–Crippen LogP) is 4.90. The van der Waals surface area contributed by atoms with E-state index in [1.54, 1.807) is 17.5 Å². The summed E-state index contributed by atoms with van der Waals surface area (Å²) >= 11 is 1.26. The molecule has 1 N–H and O–H groups in total. The molecule has 1 fully saturated rings. The molecule has 32 heavy (non-hydrogen) atoms. The summed E-state index contributed by atoms with van der Waals surface area (Å²) < 4.78 is 32.7. The first-order valence-electron chi connectivity index (χ1n) is 10.1. The lowest BCUT2D eigenvalue weighted by Crippen LogP contribution is -2.38. The molecule has 1 aromatic heterocycles. The van der Waals surface area contributed by atoms with Gasteiger partial charge in [-0.3, -0.25) is 4.79 Å². The van der Waals surface area contributed by atoms with Gasteiger partial charge in [0.15, 0.2) is 16.6 Å². The lowest BCUT2D eigenvalue weighted by atomic mass is 10.1. The van der Waals surface area contributed by atoms with Crippen LogP contribution in [0.5, 0.6) is 5.75 Å². The van der Waals surface area contributed by atoms with Crippen molar-refractivity contribution in [2.75, 3.05) is 23.3 Å². The Bertz CT molecular complexity index is 1180. The number of aryl methyl sites for hydroxylation is 1. The second-order valence-corrected chi connectivity index (χ2v) is 8.33. The van der Waals surface area contributed by atoms with Gasteiger partial charge in [-0.1, -0.05) is 0 Å². The number of hydrogen-bond donors (Lipinski definition) is 1. The fraction of sp³-hybridized carbons (Fsp3) is 0.261. The second-order valence-electron chi connectivity index (χ2n) is 7.47. The van der Waals surface area contributed by atoms with Crippen LogP contribution >= 0.6 is 11.3 Å². The fourth-order valence-corrected chi connectivity index (χ4v) is 4.27.